The fourth-order valence-corrected chi connectivity index (χ4v) is 2.84. The Morgan fingerprint density at radius 1 is 1.27 bits per heavy atom. The molecule has 0 radical (unpaired) electrons. The van der Waals surface area contributed by atoms with Gasteiger partial charge < -0.3 is 15.7 Å². The van der Waals surface area contributed by atoms with Crippen molar-refractivity contribution in [1.82, 2.24) is 10.6 Å². The molecule has 1 heterocycles. The maximum Gasteiger partial charge on any atom is 0.191 e. The minimum absolute atomic E-state index is 0.349. The van der Waals surface area contributed by atoms with Crippen molar-refractivity contribution in [1.29, 1.82) is 0 Å². The molecule has 1 atom stereocenters. The summed E-state index contributed by atoms with van der Waals surface area (Å²) in [4.78, 5) is 5.47. The molecule has 0 aliphatic rings. The third-order valence-corrected chi connectivity index (χ3v) is 4.46. The van der Waals surface area contributed by atoms with Crippen LogP contribution >= 0.6 is 11.3 Å². The SMILES string of the molecule is CCNC(=NCC(C)(O)c1cccs1)NCCCC(C)(C)C. The monoisotopic (exact) mass is 325 g/mol. The van der Waals surface area contributed by atoms with Crippen LogP contribution in [-0.2, 0) is 5.60 Å². The zero-order valence-corrected chi connectivity index (χ0v) is 15.4. The Morgan fingerprint density at radius 2 is 2.00 bits per heavy atom. The molecule has 1 aromatic heterocycles. The highest BCUT2D eigenvalue weighted by molar-refractivity contribution is 7.10. The van der Waals surface area contributed by atoms with E-state index in [9.17, 15) is 5.11 Å². The van der Waals surface area contributed by atoms with Gasteiger partial charge >= 0.3 is 0 Å². The van der Waals surface area contributed by atoms with E-state index >= 15 is 0 Å². The molecule has 0 bridgehead atoms. The average Bonchev–Trinajstić information content (AvgIpc) is 2.94. The van der Waals surface area contributed by atoms with Crippen LogP contribution in [0.25, 0.3) is 0 Å². The quantitative estimate of drug-likeness (QED) is 0.409. The summed E-state index contributed by atoms with van der Waals surface area (Å²) in [6.07, 6.45) is 2.28. The molecular formula is C17H31N3OS. The number of guanidine groups is 1. The van der Waals surface area contributed by atoms with E-state index in [0.29, 0.717) is 12.0 Å². The van der Waals surface area contributed by atoms with Crippen molar-refractivity contribution in [3.05, 3.63) is 22.4 Å². The lowest BCUT2D eigenvalue weighted by atomic mass is 9.91. The number of nitrogens with zero attached hydrogens (tertiary/aromatic N) is 1. The van der Waals surface area contributed by atoms with E-state index in [0.717, 1.165) is 30.3 Å². The van der Waals surface area contributed by atoms with Gasteiger partial charge in [-0.3, -0.25) is 0 Å². The Kier molecular flexibility index (Phi) is 7.36. The van der Waals surface area contributed by atoms with E-state index in [-0.39, 0.29) is 0 Å². The third kappa shape index (κ3) is 7.27. The standard InChI is InChI=1S/C17H31N3OS/c1-6-18-15(19-11-8-10-16(2,3)4)20-13-17(5,21)14-9-7-12-22-14/h7,9,12,21H,6,8,10-11,13H2,1-5H3,(H2,18,19,20). The molecule has 22 heavy (non-hydrogen) atoms. The van der Waals surface area contributed by atoms with Crippen LogP contribution in [0.3, 0.4) is 0 Å². The molecule has 0 spiro atoms. The van der Waals surface area contributed by atoms with E-state index in [1.807, 2.05) is 31.4 Å². The topological polar surface area (TPSA) is 56.7 Å². The van der Waals surface area contributed by atoms with Gasteiger partial charge in [-0.15, -0.1) is 11.3 Å². The van der Waals surface area contributed by atoms with Gasteiger partial charge in [-0.1, -0.05) is 26.8 Å². The molecule has 5 heteroatoms. The first-order valence-electron chi connectivity index (χ1n) is 8.03. The van der Waals surface area contributed by atoms with Crippen molar-refractivity contribution in [3.8, 4) is 0 Å². The molecule has 1 rings (SSSR count). The second-order valence-corrected chi connectivity index (χ2v) is 7.99. The summed E-state index contributed by atoms with van der Waals surface area (Å²) in [5.41, 5.74) is -0.554. The molecule has 1 unspecified atom stereocenters. The van der Waals surface area contributed by atoms with E-state index in [1.54, 1.807) is 11.3 Å². The van der Waals surface area contributed by atoms with Crippen LogP contribution in [0, 0.1) is 5.41 Å². The predicted octanol–water partition coefficient (Wildman–Crippen LogP) is 3.34. The molecule has 126 valence electrons. The zero-order valence-electron chi connectivity index (χ0n) is 14.6. The number of hydrogen-bond donors (Lipinski definition) is 3. The highest BCUT2D eigenvalue weighted by atomic mass is 32.1. The molecule has 3 N–H and O–H groups in total. The Bertz CT molecular complexity index is 447. The van der Waals surface area contributed by atoms with E-state index in [4.69, 9.17) is 0 Å². The number of nitrogens with one attached hydrogen (secondary N) is 2. The highest BCUT2D eigenvalue weighted by Crippen LogP contribution is 2.25. The molecule has 0 fully saturated rings. The maximum atomic E-state index is 10.5. The summed E-state index contributed by atoms with van der Waals surface area (Å²) < 4.78 is 0. The van der Waals surface area contributed by atoms with Crippen molar-refractivity contribution in [2.45, 2.75) is 53.1 Å². The van der Waals surface area contributed by atoms with E-state index in [2.05, 4.69) is 36.4 Å². The summed E-state index contributed by atoms with van der Waals surface area (Å²) >= 11 is 1.56. The molecular weight excluding hydrogens is 294 g/mol. The smallest absolute Gasteiger partial charge is 0.191 e. The number of aliphatic hydroxyl groups is 1. The van der Waals surface area contributed by atoms with Crippen molar-refractivity contribution in [2.75, 3.05) is 19.6 Å². The number of aliphatic imine (C=N–C) groups is 1. The van der Waals surface area contributed by atoms with Gasteiger partial charge in [0.05, 0.1) is 6.54 Å². The van der Waals surface area contributed by atoms with Crippen molar-refractivity contribution < 1.29 is 5.11 Å². The Balaban J connectivity index is 2.51. The van der Waals surface area contributed by atoms with Gasteiger partial charge in [-0.05, 0) is 43.6 Å². The minimum atomic E-state index is -0.915. The van der Waals surface area contributed by atoms with Gasteiger partial charge in [0.15, 0.2) is 5.96 Å². The van der Waals surface area contributed by atoms with Gasteiger partial charge in [-0.2, -0.15) is 0 Å². The van der Waals surface area contributed by atoms with E-state index in [1.165, 1.54) is 6.42 Å². The molecule has 4 nitrogen and oxygen atoms in total. The van der Waals surface area contributed by atoms with Crippen molar-refractivity contribution >= 4 is 17.3 Å². The van der Waals surface area contributed by atoms with Gasteiger partial charge in [0.25, 0.3) is 0 Å². The molecule has 0 aromatic carbocycles. The number of thiophene rings is 1. The van der Waals surface area contributed by atoms with Crippen molar-refractivity contribution in [3.63, 3.8) is 0 Å². The fourth-order valence-electron chi connectivity index (χ4n) is 2.06. The van der Waals surface area contributed by atoms with Crippen LogP contribution in [0.2, 0.25) is 0 Å². The summed E-state index contributed by atoms with van der Waals surface area (Å²) in [5.74, 6) is 0.772. The third-order valence-electron chi connectivity index (χ3n) is 3.34. The zero-order chi connectivity index (χ0) is 16.6. The number of rotatable bonds is 7. The summed E-state index contributed by atoms with van der Waals surface area (Å²) in [6.45, 7) is 12.7. The van der Waals surface area contributed by atoms with Crippen LogP contribution in [0.1, 0.15) is 52.3 Å². The molecule has 0 saturated carbocycles. The predicted molar refractivity (Wildman–Crippen MR) is 96.6 cm³/mol. The van der Waals surface area contributed by atoms with Crippen LogP contribution in [-0.4, -0.2) is 30.7 Å². The normalized spacial score (nSPS) is 15.5. The molecule has 0 aliphatic carbocycles. The minimum Gasteiger partial charge on any atom is -0.383 e. The first-order chi connectivity index (χ1) is 10.2. The molecule has 0 saturated heterocycles. The van der Waals surface area contributed by atoms with Crippen molar-refractivity contribution in [2.24, 2.45) is 10.4 Å². The lowest BCUT2D eigenvalue weighted by Crippen LogP contribution is -2.39. The Labute approximate surface area is 139 Å². The molecule has 1 aromatic rings. The fraction of sp³-hybridized carbons (Fsp3) is 0.706. The molecule has 0 aliphatic heterocycles. The highest BCUT2D eigenvalue weighted by Gasteiger charge is 2.23. The van der Waals surface area contributed by atoms with Gasteiger partial charge in [-0.25, -0.2) is 4.99 Å². The summed E-state index contributed by atoms with van der Waals surface area (Å²) in [7, 11) is 0. The first kappa shape index (κ1) is 19.0. The van der Waals surface area contributed by atoms with Crippen LogP contribution in [0.4, 0.5) is 0 Å². The van der Waals surface area contributed by atoms with Gasteiger partial charge in [0, 0.05) is 18.0 Å². The Hall–Kier alpha value is -1.07. The average molecular weight is 326 g/mol. The van der Waals surface area contributed by atoms with Gasteiger partial charge in [0.2, 0.25) is 0 Å². The van der Waals surface area contributed by atoms with Gasteiger partial charge in [0.1, 0.15) is 5.60 Å². The van der Waals surface area contributed by atoms with E-state index < -0.39 is 5.60 Å². The second kappa shape index (κ2) is 8.53. The first-order valence-corrected chi connectivity index (χ1v) is 8.91. The number of hydrogen-bond acceptors (Lipinski definition) is 3. The summed E-state index contributed by atoms with van der Waals surface area (Å²) in [6, 6.07) is 3.90. The second-order valence-electron chi connectivity index (χ2n) is 7.04. The van der Waals surface area contributed by atoms with Crippen LogP contribution in [0.15, 0.2) is 22.5 Å². The largest absolute Gasteiger partial charge is 0.383 e. The Morgan fingerprint density at radius 3 is 2.55 bits per heavy atom. The van der Waals surface area contributed by atoms with Crippen LogP contribution < -0.4 is 10.6 Å². The van der Waals surface area contributed by atoms with Crippen LogP contribution in [0.5, 0.6) is 0 Å². The lowest BCUT2D eigenvalue weighted by molar-refractivity contribution is 0.0711. The maximum absolute atomic E-state index is 10.5. The molecule has 0 amide bonds. The summed E-state index contributed by atoms with van der Waals surface area (Å²) in [5, 5.41) is 19.1. The lowest BCUT2D eigenvalue weighted by Gasteiger charge is -2.21.